The van der Waals surface area contributed by atoms with E-state index in [9.17, 15) is 0 Å². The number of hydrogen-bond donors (Lipinski definition) is 0. The fourth-order valence-corrected chi connectivity index (χ4v) is 20.7. The van der Waals surface area contributed by atoms with Gasteiger partial charge in [0.2, 0.25) is 0 Å². The highest BCUT2D eigenvalue weighted by molar-refractivity contribution is 6.89. The molecule has 0 rings (SSSR count). The van der Waals surface area contributed by atoms with Gasteiger partial charge in [0.25, 0.3) is 0 Å². The van der Waals surface area contributed by atoms with Crippen molar-refractivity contribution in [2.75, 3.05) is 19.8 Å². The van der Waals surface area contributed by atoms with Crippen LogP contribution in [0.5, 0.6) is 0 Å². The minimum atomic E-state index is -2.30. The van der Waals surface area contributed by atoms with E-state index >= 15 is 0 Å². The van der Waals surface area contributed by atoms with Crippen molar-refractivity contribution in [3.63, 3.8) is 0 Å². The molecule has 0 heterocycles. The summed E-state index contributed by atoms with van der Waals surface area (Å²) in [4.78, 5) is 0. The van der Waals surface area contributed by atoms with E-state index in [1.54, 1.807) is 0 Å². The first-order valence-electron chi connectivity index (χ1n) is 8.68. The summed E-state index contributed by atoms with van der Waals surface area (Å²) in [6.07, 6.45) is 0.912. The Morgan fingerprint density at radius 2 is 1.21 bits per heavy atom. The number of hydrogen-bond acceptors (Lipinski definition) is 5. The topological polar surface area (TPSA) is 46.2 Å². The van der Waals surface area contributed by atoms with Crippen molar-refractivity contribution in [2.24, 2.45) is 0 Å². The molecule has 9 heteroatoms. The van der Waals surface area contributed by atoms with Crippen molar-refractivity contribution < 1.29 is 21.8 Å². The molecule has 0 aromatic heterocycles. The molecule has 1 atom stereocenters. The highest BCUT2D eigenvalue weighted by Gasteiger charge is 2.44. The summed E-state index contributed by atoms with van der Waals surface area (Å²) in [5.74, 6) is 0. The van der Waals surface area contributed by atoms with Gasteiger partial charge in [-0.2, -0.15) is 0 Å². The quantitative estimate of drug-likeness (QED) is 0.329. The molecule has 0 aromatic rings. The molecule has 1 unspecified atom stereocenters. The van der Waals surface area contributed by atoms with Gasteiger partial charge in [0.15, 0.2) is 16.6 Å². The van der Waals surface area contributed by atoms with Crippen LogP contribution in [0.2, 0.25) is 65.0 Å². The van der Waals surface area contributed by atoms with Crippen molar-refractivity contribution >= 4 is 33.8 Å². The monoisotopic (exact) mass is 410 g/mol. The third-order valence-corrected chi connectivity index (χ3v) is 16.3. The SMILES string of the molecule is [CH]OCCOCCC[Si](C)(O[Si](C)(C)C)O[Si](C)(C)O[Si](C)(C)C. The molecule has 0 saturated heterocycles. The van der Waals surface area contributed by atoms with Gasteiger partial charge in [-0.1, -0.05) is 0 Å². The Bertz CT molecular complexity index is 355. The first-order chi connectivity index (χ1) is 10.7. The summed E-state index contributed by atoms with van der Waals surface area (Å²) < 4.78 is 29.5. The van der Waals surface area contributed by atoms with Crippen LogP contribution in [0.4, 0.5) is 0 Å². The van der Waals surface area contributed by atoms with Crippen LogP contribution in [0.3, 0.4) is 0 Å². The van der Waals surface area contributed by atoms with E-state index < -0.39 is 33.8 Å². The average molecular weight is 411 g/mol. The van der Waals surface area contributed by atoms with E-state index in [4.69, 9.17) is 24.2 Å². The Kier molecular flexibility index (Phi) is 10.4. The van der Waals surface area contributed by atoms with Gasteiger partial charge in [0, 0.05) is 6.61 Å². The Morgan fingerprint density at radius 3 is 1.67 bits per heavy atom. The van der Waals surface area contributed by atoms with Gasteiger partial charge in [-0.25, -0.2) is 0 Å². The van der Waals surface area contributed by atoms with Gasteiger partial charge in [-0.15, -0.1) is 0 Å². The van der Waals surface area contributed by atoms with Gasteiger partial charge in [-0.3, -0.25) is 0 Å². The van der Waals surface area contributed by atoms with E-state index in [2.05, 4.69) is 63.7 Å². The van der Waals surface area contributed by atoms with Crippen LogP contribution in [0.25, 0.3) is 0 Å². The molecule has 0 aromatic carbocycles. The number of rotatable bonds is 13. The average Bonchev–Trinajstić information content (AvgIpc) is 2.26. The van der Waals surface area contributed by atoms with Gasteiger partial charge in [-0.05, 0) is 71.4 Å². The lowest BCUT2D eigenvalue weighted by atomic mass is 10.5. The second kappa shape index (κ2) is 10.1. The fourth-order valence-electron chi connectivity index (χ4n) is 2.75. The van der Waals surface area contributed by atoms with Crippen LogP contribution in [-0.2, 0) is 21.8 Å². The normalized spacial score (nSPS) is 16.2. The molecule has 5 nitrogen and oxygen atoms in total. The summed E-state index contributed by atoms with van der Waals surface area (Å²) in [6.45, 7) is 21.3. The molecule has 0 aliphatic carbocycles. The van der Waals surface area contributed by atoms with Crippen molar-refractivity contribution in [2.45, 2.75) is 71.4 Å². The maximum atomic E-state index is 6.61. The van der Waals surface area contributed by atoms with E-state index in [1.165, 1.54) is 0 Å². The zero-order valence-electron chi connectivity index (χ0n) is 17.2. The summed E-state index contributed by atoms with van der Waals surface area (Å²) in [5, 5.41) is 0. The lowest BCUT2D eigenvalue weighted by molar-refractivity contribution is 0.0825. The van der Waals surface area contributed by atoms with E-state index in [0.717, 1.165) is 12.5 Å². The molecular formula is C15H38O5Si4. The molecular weight excluding hydrogens is 373 g/mol. The van der Waals surface area contributed by atoms with Crippen LogP contribution in [0.1, 0.15) is 6.42 Å². The second-order valence-electron chi connectivity index (χ2n) is 8.65. The molecule has 0 aliphatic heterocycles. The van der Waals surface area contributed by atoms with Crippen molar-refractivity contribution in [3.8, 4) is 0 Å². The lowest BCUT2D eigenvalue weighted by Gasteiger charge is -2.41. The van der Waals surface area contributed by atoms with Gasteiger partial charge < -0.3 is 21.8 Å². The van der Waals surface area contributed by atoms with E-state index in [-0.39, 0.29) is 0 Å². The largest absolute Gasteiger partial charge is 0.437 e. The molecule has 0 fully saturated rings. The standard InChI is InChI=1S/C15H38O5Si4/c1-16-13-14-17-12-11-15-24(10,19-22(5,6)7)20-23(8,9)18-21(2,3)4/h1H,11-15H2,2-10H3. The minimum Gasteiger partial charge on any atom is -0.437 e. The first kappa shape index (κ1) is 24.7. The van der Waals surface area contributed by atoms with Crippen LogP contribution in [-0.4, -0.2) is 53.6 Å². The smallest absolute Gasteiger partial charge is 0.315 e. The van der Waals surface area contributed by atoms with Crippen LogP contribution in [0, 0.1) is 7.11 Å². The van der Waals surface area contributed by atoms with Gasteiger partial charge >= 0.3 is 17.1 Å². The molecule has 0 N–H and O–H groups in total. The maximum absolute atomic E-state index is 6.61. The highest BCUT2D eigenvalue weighted by atomic mass is 28.5. The van der Waals surface area contributed by atoms with Crippen LogP contribution < -0.4 is 0 Å². The molecule has 0 spiro atoms. The minimum absolute atomic E-state index is 0.417. The molecule has 0 saturated carbocycles. The van der Waals surface area contributed by atoms with Crippen molar-refractivity contribution in [1.82, 2.24) is 0 Å². The van der Waals surface area contributed by atoms with E-state index in [0.29, 0.717) is 19.8 Å². The van der Waals surface area contributed by atoms with E-state index in [1.807, 2.05) is 0 Å². The van der Waals surface area contributed by atoms with Crippen molar-refractivity contribution in [3.05, 3.63) is 7.11 Å². The molecule has 0 aliphatic rings. The fraction of sp³-hybridized carbons (Fsp3) is 0.933. The van der Waals surface area contributed by atoms with Crippen LogP contribution in [0.15, 0.2) is 0 Å². The van der Waals surface area contributed by atoms with Gasteiger partial charge in [0.1, 0.15) is 7.11 Å². The lowest BCUT2D eigenvalue weighted by Crippen LogP contribution is -2.56. The van der Waals surface area contributed by atoms with Crippen molar-refractivity contribution in [1.29, 1.82) is 0 Å². The molecule has 2 radical (unpaired) electrons. The molecule has 0 bridgehead atoms. The Morgan fingerprint density at radius 1 is 0.667 bits per heavy atom. The predicted octanol–water partition coefficient (Wildman–Crippen LogP) is 4.57. The third kappa shape index (κ3) is 13.9. The zero-order chi connectivity index (χ0) is 19.1. The summed E-state index contributed by atoms with van der Waals surface area (Å²) in [5.41, 5.74) is 0. The highest BCUT2D eigenvalue weighted by Crippen LogP contribution is 2.27. The van der Waals surface area contributed by atoms with Crippen LogP contribution >= 0.6 is 0 Å². The molecule has 144 valence electrons. The molecule has 24 heavy (non-hydrogen) atoms. The Labute approximate surface area is 154 Å². The third-order valence-electron chi connectivity index (χ3n) is 2.80. The summed E-state index contributed by atoms with van der Waals surface area (Å²) >= 11 is 0. The Hall–Kier alpha value is 0.668. The first-order valence-corrected chi connectivity index (χ1v) is 20.8. The zero-order valence-corrected chi connectivity index (χ0v) is 21.2. The maximum Gasteiger partial charge on any atom is 0.315 e. The predicted molar refractivity (Wildman–Crippen MR) is 110 cm³/mol. The summed E-state index contributed by atoms with van der Waals surface area (Å²) in [7, 11) is -2.86. The number of ether oxygens (including phenoxy) is 2. The Balaban J connectivity index is 4.76. The van der Waals surface area contributed by atoms with Gasteiger partial charge in [0.05, 0.1) is 13.2 Å². The molecule has 0 amide bonds. The second-order valence-corrected chi connectivity index (χ2v) is 25.1. The summed E-state index contributed by atoms with van der Waals surface area (Å²) in [6, 6.07) is 0.909.